The Labute approximate surface area is 444 Å². The number of amides is 1. The molecule has 0 spiro atoms. The number of carbonyl (C=O) groups excluding carboxylic acids is 2. The van der Waals surface area contributed by atoms with Gasteiger partial charge < -0.3 is 19.4 Å². The number of likely N-dealkylation sites (N-methyl/N-ethyl adjacent to an activating group) is 1. The largest absolute Gasteiger partial charge is 0.472 e. The van der Waals surface area contributed by atoms with Crippen molar-refractivity contribution in [3.05, 3.63) is 85.1 Å². The van der Waals surface area contributed by atoms with E-state index in [1.54, 1.807) is 0 Å². The molecule has 416 valence electrons. The summed E-state index contributed by atoms with van der Waals surface area (Å²) in [6.45, 7) is 6.83. The van der Waals surface area contributed by atoms with Gasteiger partial charge in [-0.25, -0.2) is 4.57 Å². The molecule has 2 N–H and O–H groups in total. The summed E-state index contributed by atoms with van der Waals surface area (Å²) in [4.78, 5) is 37.6. The zero-order valence-electron chi connectivity index (χ0n) is 47.4. The summed E-state index contributed by atoms with van der Waals surface area (Å²) in [6.07, 6.45) is 67.2. The molecule has 0 aliphatic heterocycles. The molecule has 0 aliphatic rings. The van der Waals surface area contributed by atoms with Gasteiger partial charge in [-0.1, -0.05) is 215 Å². The first kappa shape index (κ1) is 69.2. The van der Waals surface area contributed by atoms with Gasteiger partial charge in [0.25, 0.3) is 0 Å². The normalized spacial score (nSPS) is 14.4. The Hall–Kier alpha value is -2.81. The van der Waals surface area contributed by atoms with Crippen LogP contribution in [0.4, 0.5) is 0 Å². The minimum absolute atomic E-state index is 0.0307. The van der Waals surface area contributed by atoms with Crippen LogP contribution in [0.1, 0.15) is 245 Å². The fourth-order valence-electron chi connectivity index (χ4n) is 8.02. The van der Waals surface area contributed by atoms with Crippen LogP contribution in [0.3, 0.4) is 0 Å². The van der Waals surface area contributed by atoms with E-state index in [4.69, 9.17) is 13.8 Å². The highest BCUT2D eigenvalue weighted by molar-refractivity contribution is 7.47. The molecule has 0 saturated carbocycles. The molecule has 0 fully saturated rings. The molecule has 0 heterocycles. The molecule has 0 aromatic heterocycles. The van der Waals surface area contributed by atoms with Gasteiger partial charge in [-0.3, -0.25) is 18.6 Å². The number of hydrogen-bond donors (Lipinski definition) is 2. The number of unbranched alkanes of at least 4 members (excludes halogenated alkanes) is 24. The number of nitrogens with one attached hydrogen (secondary N) is 1. The van der Waals surface area contributed by atoms with Crippen LogP contribution < -0.4 is 5.32 Å². The van der Waals surface area contributed by atoms with Crippen LogP contribution in [-0.2, 0) is 27.9 Å². The van der Waals surface area contributed by atoms with Gasteiger partial charge in [-0.05, 0) is 102 Å². The number of esters is 1. The number of ether oxygens (including phenoxy) is 1. The van der Waals surface area contributed by atoms with Crippen molar-refractivity contribution >= 4 is 19.7 Å². The summed E-state index contributed by atoms with van der Waals surface area (Å²) < 4.78 is 30.6. The quantitative estimate of drug-likeness (QED) is 0.0205. The van der Waals surface area contributed by atoms with E-state index in [1.165, 1.54) is 96.3 Å². The third-order valence-corrected chi connectivity index (χ3v) is 13.6. The monoisotopic (exact) mass is 1030 g/mol. The molecule has 72 heavy (non-hydrogen) atoms. The smallest absolute Gasteiger partial charge is 0.456 e. The Morgan fingerprint density at radius 3 is 1.36 bits per heavy atom. The lowest BCUT2D eigenvalue weighted by Crippen LogP contribution is -2.47. The predicted molar refractivity (Wildman–Crippen MR) is 309 cm³/mol. The molecule has 0 aromatic rings. The average molecular weight is 1030 g/mol. The molecule has 0 aliphatic carbocycles. The second-order valence-electron chi connectivity index (χ2n) is 20.8. The Kier molecular flexibility index (Phi) is 49.6. The Morgan fingerprint density at radius 2 is 0.889 bits per heavy atom. The summed E-state index contributed by atoms with van der Waals surface area (Å²) in [6, 6.07) is -0.866. The van der Waals surface area contributed by atoms with Gasteiger partial charge in [-0.15, -0.1) is 0 Å². The molecular formula is C62H112N2O7P+. The van der Waals surface area contributed by atoms with Gasteiger partial charge in [0.2, 0.25) is 5.91 Å². The Bertz CT molecular complexity index is 1510. The summed E-state index contributed by atoms with van der Waals surface area (Å²) >= 11 is 0. The van der Waals surface area contributed by atoms with Gasteiger partial charge in [0.15, 0.2) is 0 Å². The van der Waals surface area contributed by atoms with Crippen LogP contribution in [0.25, 0.3) is 0 Å². The van der Waals surface area contributed by atoms with Gasteiger partial charge in [0.05, 0.1) is 33.8 Å². The van der Waals surface area contributed by atoms with Crippen LogP contribution in [0.15, 0.2) is 85.1 Å². The van der Waals surface area contributed by atoms with Crippen molar-refractivity contribution in [2.45, 2.75) is 258 Å². The number of carbonyl (C=O) groups is 2. The summed E-state index contributed by atoms with van der Waals surface area (Å²) in [7, 11) is 1.47. The molecule has 0 aromatic carbocycles. The SMILES string of the molecule is CC/C=C/C/C=C/C/C=C/CCCCCCC(=O)NC(COP(=O)(O)OCC[N+](C)(C)C)C(/C=C\CCCCCCCCCCC)OC(=O)CCCCCCCCCC/C=C\C/C=C\C/C=C\CCCCC. The third-order valence-electron chi connectivity index (χ3n) is 12.6. The van der Waals surface area contributed by atoms with Gasteiger partial charge in [-0.2, -0.15) is 0 Å². The zero-order valence-corrected chi connectivity index (χ0v) is 48.3. The first-order valence-corrected chi connectivity index (χ1v) is 30.9. The lowest BCUT2D eigenvalue weighted by Gasteiger charge is -2.27. The van der Waals surface area contributed by atoms with Crippen molar-refractivity contribution in [3.8, 4) is 0 Å². The average Bonchev–Trinajstić information content (AvgIpc) is 3.34. The van der Waals surface area contributed by atoms with E-state index in [9.17, 15) is 19.0 Å². The number of hydrogen-bond acceptors (Lipinski definition) is 6. The van der Waals surface area contributed by atoms with E-state index in [2.05, 4.69) is 99.0 Å². The maximum Gasteiger partial charge on any atom is 0.472 e. The van der Waals surface area contributed by atoms with Crippen molar-refractivity contribution < 1.29 is 37.3 Å². The maximum absolute atomic E-state index is 13.5. The Balaban J connectivity index is 5.28. The van der Waals surface area contributed by atoms with Crippen molar-refractivity contribution in [1.29, 1.82) is 0 Å². The topological polar surface area (TPSA) is 111 Å². The van der Waals surface area contributed by atoms with Crippen molar-refractivity contribution in [3.63, 3.8) is 0 Å². The first-order valence-electron chi connectivity index (χ1n) is 29.4. The van der Waals surface area contributed by atoms with E-state index >= 15 is 0 Å². The van der Waals surface area contributed by atoms with Crippen LogP contribution >= 0.6 is 7.82 Å². The molecule has 0 radical (unpaired) electrons. The van der Waals surface area contributed by atoms with Crippen LogP contribution in [0, 0.1) is 0 Å². The van der Waals surface area contributed by atoms with Crippen molar-refractivity contribution in [2.75, 3.05) is 40.9 Å². The summed E-state index contributed by atoms with van der Waals surface area (Å²) in [5, 5.41) is 3.03. The number of phosphoric ester groups is 1. The van der Waals surface area contributed by atoms with Crippen molar-refractivity contribution in [1.82, 2.24) is 5.32 Å². The summed E-state index contributed by atoms with van der Waals surface area (Å²) in [5.74, 6) is -0.543. The fraction of sp³-hybridized carbons (Fsp3) is 0.742. The Morgan fingerprint density at radius 1 is 0.500 bits per heavy atom. The van der Waals surface area contributed by atoms with E-state index in [-0.39, 0.29) is 31.5 Å². The highest BCUT2D eigenvalue weighted by Crippen LogP contribution is 2.43. The fourth-order valence-corrected chi connectivity index (χ4v) is 8.75. The molecule has 0 saturated heterocycles. The molecule has 3 atom stereocenters. The van der Waals surface area contributed by atoms with Gasteiger partial charge in [0, 0.05) is 12.8 Å². The van der Waals surface area contributed by atoms with Crippen LogP contribution in [-0.4, -0.2) is 74.3 Å². The predicted octanol–water partition coefficient (Wildman–Crippen LogP) is 17.8. The molecule has 1 amide bonds. The number of rotatable bonds is 52. The maximum atomic E-state index is 13.5. The number of allylic oxidation sites excluding steroid dienone is 13. The lowest BCUT2D eigenvalue weighted by atomic mass is 10.1. The number of quaternary nitrogens is 1. The highest BCUT2D eigenvalue weighted by Gasteiger charge is 2.30. The molecular weight excluding hydrogens is 916 g/mol. The van der Waals surface area contributed by atoms with Gasteiger partial charge in [0.1, 0.15) is 19.3 Å². The molecule has 3 unspecified atom stereocenters. The third kappa shape index (κ3) is 52.1. The van der Waals surface area contributed by atoms with Crippen molar-refractivity contribution in [2.24, 2.45) is 0 Å². The van der Waals surface area contributed by atoms with E-state index < -0.39 is 20.0 Å². The second kappa shape index (κ2) is 51.7. The lowest BCUT2D eigenvalue weighted by molar-refractivity contribution is -0.870. The second-order valence-corrected chi connectivity index (χ2v) is 22.2. The van der Waals surface area contributed by atoms with Crippen LogP contribution in [0.5, 0.6) is 0 Å². The van der Waals surface area contributed by atoms with E-state index in [1.807, 2.05) is 33.3 Å². The minimum Gasteiger partial charge on any atom is -0.456 e. The van der Waals surface area contributed by atoms with E-state index in [0.29, 0.717) is 17.4 Å². The molecule has 10 heteroatoms. The van der Waals surface area contributed by atoms with Crippen LogP contribution in [0.2, 0.25) is 0 Å². The number of nitrogens with zero attached hydrogens (tertiary/aromatic N) is 1. The van der Waals surface area contributed by atoms with E-state index in [0.717, 1.165) is 116 Å². The van der Waals surface area contributed by atoms with Gasteiger partial charge >= 0.3 is 13.8 Å². The summed E-state index contributed by atoms with van der Waals surface area (Å²) in [5.41, 5.74) is 0. The zero-order chi connectivity index (χ0) is 52.9. The first-order chi connectivity index (χ1) is 34.9. The highest BCUT2D eigenvalue weighted by atomic mass is 31.2. The minimum atomic E-state index is -4.46. The standard InChI is InChI=1S/C62H111N2O7P/c1-7-10-13-16-19-22-25-27-29-30-31-32-33-34-35-37-40-43-46-49-52-55-62(66)71-60(53-50-47-44-41-38-24-21-18-15-12-9-3)59(58-70-72(67,68)69-57-56-64(4,5)6)63-61(65)54-51-48-45-42-39-36-28-26-23-20-17-14-11-8-2/h11,14,19-20,22-23,27-29,31-32,36,50,53,59-60H,7-10,12-13,15-18,21,24-26,30,33-35,37-49,51-52,54-58H2,1-6H3,(H-,63,65,67,68)/p+1/b14-11+,22-19-,23-20+,29-27-,32-31-,36-28+,53-50-. The number of phosphoric acid groups is 1. The molecule has 0 bridgehead atoms. The molecule has 0 rings (SSSR count). The molecule has 9 nitrogen and oxygen atoms in total.